The van der Waals surface area contributed by atoms with Gasteiger partial charge in [-0.1, -0.05) is 42.1 Å². The average Bonchev–Trinajstić information content (AvgIpc) is 3.50. The predicted octanol–water partition coefficient (Wildman–Crippen LogP) is 1.14. The van der Waals surface area contributed by atoms with Crippen molar-refractivity contribution in [3.05, 3.63) is 88.0 Å². The first kappa shape index (κ1) is 33.0. The molecule has 0 aliphatic carbocycles. The SMILES string of the molecule is Cn1nnnc1SCC1=C(C(=O)O)N2C(=O)C(NC(=O)[C@H](NC(=O)Nc3cnc(Nc4ccccc4)[nH]c3=O)c3ccc(O)cc3)[C@H]2SC1. The Hall–Kier alpha value is -5.89. The number of amides is 4. The van der Waals surface area contributed by atoms with Crippen LogP contribution in [0.3, 0.4) is 0 Å². The zero-order valence-electron chi connectivity index (χ0n) is 25.4. The number of urea groups is 1. The van der Waals surface area contributed by atoms with E-state index in [2.05, 4.69) is 46.8 Å². The van der Waals surface area contributed by atoms with Crippen LogP contribution in [0.25, 0.3) is 0 Å². The van der Waals surface area contributed by atoms with E-state index in [1.165, 1.54) is 52.5 Å². The lowest BCUT2D eigenvalue weighted by Crippen LogP contribution is -2.71. The molecule has 4 amide bonds. The number of H-pyrrole nitrogens is 1. The number of carboxylic acids is 1. The summed E-state index contributed by atoms with van der Waals surface area (Å²) < 4.78 is 1.44. The zero-order chi connectivity index (χ0) is 34.7. The lowest BCUT2D eigenvalue weighted by atomic mass is 10.0. The Morgan fingerprint density at radius 3 is 2.55 bits per heavy atom. The summed E-state index contributed by atoms with van der Waals surface area (Å²) in [6.07, 6.45) is 1.14. The highest BCUT2D eigenvalue weighted by Gasteiger charge is 2.54. The number of anilines is 3. The molecule has 20 heteroatoms. The summed E-state index contributed by atoms with van der Waals surface area (Å²) in [4.78, 5) is 72.7. The number of aromatic amines is 1. The largest absolute Gasteiger partial charge is 0.508 e. The van der Waals surface area contributed by atoms with Gasteiger partial charge >= 0.3 is 12.0 Å². The first-order valence-electron chi connectivity index (χ1n) is 14.4. The molecule has 2 aromatic heterocycles. The number of thioether (sulfide) groups is 2. The van der Waals surface area contributed by atoms with Gasteiger partial charge < -0.3 is 31.5 Å². The van der Waals surface area contributed by atoms with Crippen molar-refractivity contribution in [1.29, 1.82) is 0 Å². The molecule has 0 radical (unpaired) electrons. The van der Waals surface area contributed by atoms with Crippen molar-refractivity contribution >= 4 is 64.7 Å². The van der Waals surface area contributed by atoms with E-state index in [4.69, 9.17) is 0 Å². The number of nitrogens with zero attached hydrogens (tertiary/aromatic N) is 6. The number of rotatable bonds is 11. The minimum atomic E-state index is -1.39. The summed E-state index contributed by atoms with van der Waals surface area (Å²) in [7, 11) is 1.65. The van der Waals surface area contributed by atoms with E-state index < -0.39 is 46.8 Å². The third-order valence-corrected chi connectivity index (χ3v) is 9.79. The summed E-state index contributed by atoms with van der Waals surface area (Å²) in [6.45, 7) is 0. The third-order valence-electron chi connectivity index (χ3n) is 7.35. The van der Waals surface area contributed by atoms with Gasteiger partial charge in [-0.05, 0) is 45.8 Å². The number of tetrazole rings is 1. The Morgan fingerprint density at radius 1 is 1.12 bits per heavy atom. The number of aromatic nitrogens is 6. The van der Waals surface area contributed by atoms with Gasteiger partial charge in [-0.15, -0.1) is 16.9 Å². The van der Waals surface area contributed by atoms with Gasteiger partial charge in [0.25, 0.3) is 11.5 Å². The second kappa shape index (κ2) is 14.1. The number of β-lactam (4-membered cyclic amide) rings is 1. The Kier molecular flexibility index (Phi) is 9.49. The topological polar surface area (TPSA) is 249 Å². The fourth-order valence-electron chi connectivity index (χ4n) is 4.99. The normalized spacial score (nSPS) is 17.4. The van der Waals surface area contributed by atoms with Gasteiger partial charge in [0.1, 0.15) is 34.6 Å². The summed E-state index contributed by atoms with van der Waals surface area (Å²) in [6, 6.07) is 11.0. The van der Waals surface area contributed by atoms with Crippen LogP contribution in [0.1, 0.15) is 11.6 Å². The molecule has 18 nitrogen and oxygen atoms in total. The number of aromatic hydroxyl groups is 1. The summed E-state index contributed by atoms with van der Waals surface area (Å²) in [5, 5.41) is 41.2. The van der Waals surface area contributed by atoms with Crippen LogP contribution in [-0.2, 0) is 21.4 Å². The Morgan fingerprint density at radius 2 is 1.88 bits per heavy atom. The third kappa shape index (κ3) is 7.18. The minimum absolute atomic E-state index is 0.0880. The smallest absolute Gasteiger partial charge is 0.352 e. The Bertz CT molecular complexity index is 2000. The van der Waals surface area contributed by atoms with E-state index in [9.17, 15) is 34.2 Å². The van der Waals surface area contributed by atoms with E-state index in [1.54, 1.807) is 31.3 Å². The molecule has 1 saturated heterocycles. The first-order chi connectivity index (χ1) is 23.6. The molecule has 7 N–H and O–H groups in total. The van der Waals surface area contributed by atoms with Crippen LogP contribution in [0, 0.1) is 0 Å². The van der Waals surface area contributed by atoms with Crippen molar-refractivity contribution in [3.8, 4) is 5.75 Å². The number of carboxylic acid groups (broad SMARTS) is 1. The lowest BCUT2D eigenvalue weighted by molar-refractivity contribution is -0.150. The molecule has 1 fully saturated rings. The molecule has 2 aliphatic heterocycles. The van der Waals surface area contributed by atoms with Crippen molar-refractivity contribution in [2.45, 2.75) is 22.6 Å². The number of hydrogen-bond donors (Lipinski definition) is 7. The van der Waals surface area contributed by atoms with Crippen molar-refractivity contribution in [1.82, 2.24) is 45.7 Å². The van der Waals surface area contributed by atoms with E-state index in [1.807, 2.05) is 6.07 Å². The number of aryl methyl sites for hydroxylation is 1. The maximum absolute atomic E-state index is 13.6. The Labute approximate surface area is 284 Å². The van der Waals surface area contributed by atoms with Crippen molar-refractivity contribution in [2.24, 2.45) is 7.05 Å². The number of fused-ring (bicyclic) bond motifs is 1. The number of nitrogens with one attached hydrogen (secondary N) is 5. The van der Waals surface area contributed by atoms with Crippen LogP contribution in [0.5, 0.6) is 5.75 Å². The number of carbonyl (C=O) groups excluding carboxylic acids is 3. The van der Waals surface area contributed by atoms with Crippen LogP contribution < -0.4 is 26.8 Å². The quantitative estimate of drug-likeness (QED) is 0.0854. The molecule has 0 spiro atoms. The van der Waals surface area contributed by atoms with Gasteiger partial charge in [-0.25, -0.2) is 19.3 Å². The van der Waals surface area contributed by atoms with Gasteiger partial charge in [0.05, 0.1) is 6.20 Å². The molecule has 2 aliphatic rings. The van der Waals surface area contributed by atoms with Crippen LogP contribution in [-0.4, -0.2) is 92.0 Å². The first-order valence-corrected chi connectivity index (χ1v) is 16.5. The van der Waals surface area contributed by atoms with E-state index in [-0.39, 0.29) is 40.2 Å². The zero-order valence-corrected chi connectivity index (χ0v) is 27.0. The average molecular weight is 706 g/mol. The summed E-state index contributed by atoms with van der Waals surface area (Å²) >= 11 is 2.50. The molecule has 4 heterocycles. The van der Waals surface area contributed by atoms with E-state index in [0.29, 0.717) is 16.4 Å². The standard InChI is InChI=1S/C29H27N11O7S2/c1-39-29(36-37-38-39)49-13-15-12-48-25-20(24(44)40(25)21(15)26(45)46)33-23(43)19(14-7-9-17(41)10-8-14)34-28(47)32-18-11-30-27(35-22(18)42)31-16-5-3-2-4-6-16/h2-11,19-20,25,41H,12-13H2,1H3,(H,33,43)(H,45,46)(H2,32,34,47)(H2,30,31,35,42)/t19-,20?,25-/m1/s1. The molecular weight excluding hydrogens is 679 g/mol. The highest BCUT2D eigenvalue weighted by molar-refractivity contribution is 8.01. The van der Waals surface area contributed by atoms with Gasteiger partial charge in [-0.2, -0.15) is 0 Å². The number of benzene rings is 2. The van der Waals surface area contributed by atoms with E-state index >= 15 is 0 Å². The van der Waals surface area contributed by atoms with Crippen LogP contribution in [0.4, 0.5) is 22.1 Å². The highest BCUT2D eigenvalue weighted by atomic mass is 32.2. The maximum atomic E-state index is 13.6. The fourth-order valence-corrected chi connectivity index (χ4v) is 7.32. The van der Waals surface area contributed by atoms with Gasteiger partial charge in [0.15, 0.2) is 0 Å². The number of phenolic OH excluding ortho intramolecular Hbond substituents is 1. The minimum Gasteiger partial charge on any atom is -0.508 e. The van der Waals surface area contributed by atoms with Gasteiger partial charge in [-0.3, -0.25) is 24.3 Å². The van der Waals surface area contributed by atoms with E-state index in [0.717, 1.165) is 11.1 Å². The maximum Gasteiger partial charge on any atom is 0.352 e. The molecule has 3 atom stereocenters. The molecule has 6 rings (SSSR count). The second-order valence-electron chi connectivity index (χ2n) is 10.6. The van der Waals surface area contributed by atoms with Crippen LogP contribution in [0.2, 0.25) is 0 Å². The van der Waals surface area contributed by atoms with Crippen LogP contribution >= 0.6 is 23.5 Å². The number of aliphatic carboxylic acids is 1. The molecule has 0 bridgehead atoms. The highest BCUT2D eigenvalue weighted by Crippen LogP contribution is 2.41. The fraction of sp³-hybridized carbons (Fsp3) is 0.207. The second-order valence-corrected chi connectivity index (χ2v) is 12.7. The van der Waals surface area contributed by atoms with Gasteiger partial charge in [0.2, 0.25) is 17.0 Å². The lowest BCUT2D eigenvalue weighted by Gasteiger charge is -2.49. The predicted molar refractivity (Wildman–Crippen MR) is 177 cm³/mol. The molecule has 1 unspecified atom stereocenters. The summed E-state index contributed by atoms with van der Waals surface area (Å²) in [5.74, 6) is -2.17. The van der Waals surface area contributed by atoms with Crippen molar-refractivity contribution in [2.75, 3.05) is 22.1 Å². The number of carbonyl (C=O) groups is 4. The van der Waals surface area contributed by atoms with Crippen molar-refractivity contribution in [3.63, 3.8) is 0 Å². The molecule has 49 heavy (non-hydrogen) atoms. The van der Waals surface area contributed by atoms with Crippen molar-refractivity contribution < 1.29 is 29.4 Å². The molecule has 4 aromatic rings. The monoisotopic (exact) mass is 705 g/mol. The van der Waals surface area contributed by atoms with Gasteiger partial charge in [0, 0.05) is 24.2 Å². The van der Waals surface area contributed by atoms with Crippen LogP contribution in [0.15, 0.2) is 82.0 Å². The Balaban J connectivity index is 1.14. The molecular formula is C29H27N11O7S2. The number of para-hydroxylation sites is 1. The molecule has 0 saturated carbocycles. The number of hydrogen-bond acceptors (Lipinski definition) is 13. The number of phenols is 1. The molecule has 252 valence electrons. The molecule has 2 aromatic carbocycles. The summed E-state index contributed by atoms with van der Waals surface area (Å²) in [5.41, 5.74) is 0.381.